The minimum absolute atomic E-state index is 0.0521. The van der Waals surface area contributed by atoms with Crippen LogP contribution in [0.3, 0.4) is 0 Å². The van der Waals surface area contributed by atoms with Crippen LogP contribution >= 0.6 is 0 Å². The average Bonchev–Trinajstić information content (AvgIpc) is 2.33. The van der Waals surface area contributed by atoms with E-state index < -0.39 is 0 Å². The van der Waals surface area contributed by atoms with Crippen molar-refractivity contribution in [3.05, 3.63) is 0 Å². The zero-order valence-electron chi connectivity index (χ0n) is 6.83. The van der Waals surface area contributed by atoms with Crippen LogP contribution in [0.4, 0.5) is 4.79 Å². The molecule has 1 aliphatic heterocycles. The van der Waals surface area contributed by atoms with Gasteiger partial charge in [-0.2, -0.15) is 0 Å². The van der Waals surface area contributed by atoms with Crippen LogP contribution in [-0.2, 0) is 4.79 Å². The van der Waals surface area contributed by atoms with Gasteiger partial charge in [-0.3, -0.25) is 9.69 Å². The SMILES string of the molecule is CN(C)C(=O)N1CCCC1=O. The summed E-state index contributed by atoms with van der Waals surface area (Å²) in [5.74, 6) is -0.0521. The van der Waals surface area contributed by atoms with Gasteiger partial charge in [0.15, 0.2) is 0 Å². The van der Waals surface area contributed by atoms with Crippen molar-refractivity contribution < 1.29 is 9.59 Å². The van der Waals surface area contributed by atoms with Crippen LogP contribution in [0, 0.1) is 0 Å². The Bertz CT molecular complexity index is 189. The summed E-state index contributed by atoms with van der Waals surface area (Å²) >= 11 is 0. The maximum Gasteiger partial charge on any atom is 0.326 e. The van der Waals surface area contributed by atoms with Gasteiger partial charge in [0.05, 0.1) is 0 Å². The number of likely N-dealkylation sites (tertiary alicyclic amines) is 1. The van der Waals surface area contributed by atoms with Crippen LogP contribution in [0.15, 0.2) is 0 Å². The van der Waals surface area contributed by atoms with Crippen LogP contribution in [0.1, 0.15) is 12.8 Å². The predicted octanol–water partition coefficient (Wildman–Crippen LogP) is 0.290. The van der Waals surface area contributed by atoms with Gasteiger partial charge >= 0.3 is 6.03 Å². The number of hydrogen-bond acceptors (Lipinski definition) is 2. The zero-order chi connectivity index (χ0) is 8.43. The van der Waals surface area contributed by atoms with Gasteiger partial charge in [-0.25, -0.2) is 4.79 Å². The van der Waals surface area contributed by atoms with E-state index in [2.05, 4.69) is 0 Å². The van der Waals surface area contributed by atoms with E-state index >= 15 is 0 Å². The Morgan fingerprint density at radius 3 is 2.55 bits per heavy atom. The molecule has 11 heavy (non-hydrogen) atoms. The van der Waals surface area contributed by atoms with Crippen molar-refractivity contribution in [3.63, 3.8) is 0 Å². The van der Waals surface area contributed by atoms with Gasteiger partial charge in [-0.1, -0.05) is 0 Å². The van der Waals surface area contributed by atoms with Gasteiger partial charge in [0.2, 0.25) is 5.91 Å². The highest BCUT2D eigenvalue weighted by molar-refractivity contribution is 5.95. The molecule has 0 bridgehead atoms. The first-order valence-corrected chi connectivity index (χ1v) is 3.64. The lowest BCUT2D eigenvalue weighted by Gasteiger charge is -2.18. The molecule has 1 fully saturated rings. The summed E-state index contributed by atoms with van der Waals surface area (Å²) in [7, 11) is 3.29. The van der Waals surface area contributed by atoms with Crippen LogP contribution in [0.5, 0.6) is 0 Å². The summed E-state index contributed by atoms with van der Waals surface area (Å²) in [5, 5.41) is 0. The monoisotopic (exact) mass is 156 g/mol. The van der Waals surface area contributed by atoms with Crippen molar-refractivity contribution in [1.29, 1.82) is 0 Å². The second-order valence-electron chi connectivity index (χ2n) is 2.83. The summed E-state index contributed by atoms with van der Waals surface area (Å²) < 4.78 is 0. The van der Waals surface area contributed by atoms with Crippen molar-refractivity contribution in [2.75, 3.05) is 20.6 Å². The van der Waals surface area contributed by atoms with Crippen LogP contribution in [-0.4, -0.2) is 42.4 Å². The molecule has 1 rings (SSSR count). The molecule has 4 heteroatoms. The van der Waals surface area contributed by atoms with E-state index in [4.69, 9.17) is 0 Å². The summed E-state index contributed by atoms with van der Waals surface area (Å²) in [5.41, 5.74) is 0. The van der Waals surface area contributed by atoms with Gasteiger partial charge in [-0.15, -0.1) is 0 Å². The Hall–Kier alpha value is -1.06. The van der Waals surface area contributed by atoms with Gasteiger partial charge in [-0.05, 0) is 6.42 Å². The fourth-order valence-corrected chi connectivity index (χ4v) is 1.09. The number of urea groups is 1. The summed E-state index contributed by atoms with van der Waals surface area (Å²) in [6.07, 6.45) is 1.32. The van der Waals surface area contributed by atoms with Gasteiger partial charge in [0, 0.05) is 27.1 Å². The smallest absolute Gasteiger partial charge is 0.326 e. The number of rotatable bonds is 0. The fraction of sp³-hybridized carbons (Fsp3) is 0.714. The standard InChI is InChI=1S/C7H12N2O2/c1-8(2)7(11)9-5-3-4-6(9)10/h3-5H2,1-2H3. The Balaban J connectivity index is 2.60. The average molecular weight is 156 g/mol. The number of carbonyl (C=O) groups excluding carboxylic acids is 2. The lowest BCUT2D eigenvalue weighted by atomic mass is 10.4. The predicted molar refractivity (Wildman–Crippen MR) is 40.0 cm³/mol. The van der Waals surface area contributed by atoms with Crippen molar-refractivity contribution in [2.45, 2.75) is 12.8 Å². The molecule has 0 saturated carbocycles. The Labute approximate surface area is 65.8 Å². The number of imide groups is 1. The molecule has 0 aromatic rings. The Morgan fingerprint density at radius 1 is 1.55 bits per heavy atom. The molecule has 1 aliphatic rings. The van der Waals surface area contributed by atoms with E-state index in [1.165, 1.54) is 9.80 Å². The molecule has 0 aromatic heterocycles. The largest absolute Gasteiger partial charge is 0.330 e. The highest BCUT2D eigenvalue weighted by Crippen LogP contribution is 2.10. The maximum absolute atomic E-state index is 11.2. The molecule has 0 N–H and O–H groups in total. The molecule has 0 spiro atoms. The van der Waals surface area contributed by atoms with Crippen LogP contribution in [0.2, 0.25) is 0 Å². The third-order valence-electron chi connectivity index (χ3n) is 1.69. The van der Waals surface area contributed by atoms with Gasteiger partial charge < -0.3 is 4.90 Å². The lowest BCUT2D eigenvalue weighted by Crippen LogP contribution is -2.39. The first-order chi connectivity index (χ1) is 5.13. The molecule has 0 radical (unpaired) electrons. The van der Waals surface area contributed by atoms with Crippen LogP contribution in [0.25, 0.3) is 0 Å². The van der Waals surface area contributed by atoms with Gasteiger partial charge in [0.1, 0.15) is 0 Å². The van der Waals surface area contributed by atoms with Crippen LogP contribution < -0.4 is 0 Å². The lowest BCUT2D eigenvalue weighted by molar-refractivity contribution is -0.125. The number of nitrogens with zero attached hydrogens (tertiary/aromatic N) is 2. The van der Waals surface area contributed by atoms with Crippen molar-refractivity contribution in [3.8, 4) is 0 Å². The minimum atomic E-state index is -0.201. The highest BCUT2D eigenvalue weighted by Gasteiger charge is 2.27. The molecule has 4 nitrogen and oxygen atoms in total. The molecule has 0 aliphatic carbocycles. The molecule has 62 valence electrons. The second kappa shape index (κ2) is 2.90. The van der Waals surface area contributed by atoms with Crippen molar-refractivity contribution >= 4 is 11.9 Å². The molecule has 0 atom stereocenters. The summed E-state index contributed by atoms with van der Waals surface area (Å²) in [6, 6.07) is -0.201. The molecular formula is C7H12N2O2. The number of amides is 3. The van der Waals surface area contributed by atoms with E-state index in [0.29, 0.717) is 13.0 Å². The third kappa shape index (κ3) is 1.50. The maximum atomic E-state index is 11.2. The molecule has 0 aromatic carbocycles. The topological polar surface area (TPSA) is 40.6 Å². The zero-order valence-corrected chi connectivity index (χ0v) is 6.83. The molecule has 1 heterocycles. The molecule has 1 saturated heterocycles. The molecule has 0 unspecified atom stereocenters. The first kappa shape index (κ1) is 8.04. The summed E-state index contributed by atoms with van der Waals surface area (Å²) in [6.45, 7) is 0.579. The van der Waals surface area contributed by atoms with E-state index in [1.807, 2.05) is 0 Å². The normalized spacial score (nSPS) is 17.3. The quantitative estimate of drug-likeness (QED) is 0.505. The Morgan fingerprint density at radius 2 is 2.18 bits per heavy atom. The number of carbonyl (C=O) groups is 2. The highest BCUT2D eigenvalue weighted by atomic mass is 16.2. The third-order valence-corrected chi connectivity index (χ3v) is 1.69. The van der Waals surface area contributed by atoms with E-state index in [0.717, 1.165) is 6.42 Å². The fourth-order valence-electron chi connectivity index (χ4n) is 1.09. The van der Waals surface area contributed by atoms with E-state index in [-0.39, 0.29) is 11.9 Å². The van der Waals surface area contributed by atoms with E-state index in [1.54, 1.807) is 14.1 Å². The molecular weight excluding hydrogens is 144 g/mol. The molecule has 3 amide bonds. The Kier molecular flexibility index (Phi) is 2.12. The van der Waals surface area contributed by atoms with Crippen molar-refractivity contribution in [2.24, 2.45) is 0 Å². The van der Waals surface area contributed by atoms with Gasteiger partial charge in [0.25, 0.3) is 0 Å². The van der Waals surface area contributed by atoms with E-state index in [9.17, 15) is 9.59 Å². The minimum Gasteiger partial charge on any atom is -0.330 e. The number of hydrogen-bond donors (Lipinski definition) is 0. The first-order valence-electron chi connectivity index (χ1n) is 3.64. The van der Waals surface area contributed by atoms with Crippen molar-refractivity contribution in [1.82, 2.24) is 9.80 Å². The second-order valence-corrected chi connectivity index (χ2v) is 2.83. The summed E-state index contributed by atoms with van der Waals surface area (Å²) in [4.78, 5) is 24.9.